The van der Waals surface area contributed by atoms with Crippen molar-refractivity contribution < 1.29 is 14.8 Å². The third-order valence-corrected chi connectivity index (χ3v) is 6.42. The van der Waals surface area contributed by atoms with Gasteiger partial charge in [0.2, 0.25) is 0 Å². The van der Waals surface area contributed by atoms with Crippen molar-refractivity contribution in [3.63, 3.8) is 0 Å². The lowest BCUT2D eigenvalue weighted by Crippen LogP contribution is -2.57. The largest absolute Gasteiger partial charge is 0.478 e. The molecule has 124 valence electrons. The Hall–Kier alpha value is -1.76. The average Bonchev–Trinajstić information content (AvgIpc) is 2.94. The van der Waals surface area contributed by atoms with Crippen LogP contribution in [0.5, 0.6) is 5.75 Å². The van der Waals surface area contributed by atoms with Crippen molar-refractivity contribution in [2.75, 3.05) is 5.75 Å². The Labute approximate surface area is 147 Å². The molecule has 2 aliphatic rings. The number of thioether (sulfide) groups is 1. The zero-order chi connectivity index (χ0) is 16.9. The van der Waals surface area contributed by atoms with Crippen LogP contribution in [0.25, 0.3) is 0 Å². The van der Waals surface area contributed by atoms with Crippen LogP contribution < -0.4 is 4.74 Å². The van der Waals surface area contributed by atoms with Crippen molar-refractivity contribution in [1.29, 1.82) is 0 Å². The number of nitro groups is 1. The van der Waals surface area contributed by atoms with Crippen LogP contribution in [-0.2, 0) is 0 Å². The van der Waals surface area contributed by atoms with Gasteiger partial charge in [-0.1, -0.05) is 41.9 Å². The summed E-state index contributed by atoms with van der Waals surface area (Å²) in [5.41, 5.74) is -0.279. The Morgan fingerprint density at radius 2 is 2.04 bits per heavy atom. The number of nitrogens with zero attached hydrogens (tertiary/aromatic N) is 1. The summed E-state index contributed by atoms with van der Waals surface area (Å²) in [6.45, 7) is 0. The van der Waals surface area contributed by atoms with Gasteiger partial charge in [0.05, 0.1) is 0 Å². The molecule has 24 heavy (non-hydrogen) atoms. The van der Waals surface area contributed by atoms with E-state index in [-0.39, 0.29) is 10.7 Å². The number of hydrogen-bond donors (Lipinski definition) is 1. The smallest absolute Gasteiger partial charge is 0.304 e. The number of hydrogen-bond acceptors (Lipinski definition) is 5. The molecular weight excluding hydrogens is 350 g/mol. The molecule has 4 atom stereocenters. The van der Waals surface area contributed by atoms with Gasteiger partial charge in [-0.15, -0.1) is 11.8 Å². The monoisotopic (exact) mass is 363 g/mol. The second-order valence-corrected chi connectivity index (χ2v) is 7.54. The number of aliphatic hydroxyl groups is 1. The normalized spacial score (nSPS) is 31.0. The van der Waals surface area contributed by atoms with Crippen LogP contribution in [0.4, 0.5) is 0 Å². The highest BCUT2D eigenvalue weighted by atomic mass is 35.5. The van der Waals surface area contributed by atoms with Crippen molar-refractivity contribution in [3.05, 3.63) is 74.8 Å². The molecule has 2 heterocycles. The Morgan fingerprint density at radius 1 is 1.29 bits per heavy atom. The summed E-state index contributed by atoms with van der Waals surface area (Å²) in [6.07, 6.45) is -1.97. The highest BCUT2D eigenvalue weighted by Crippen LogP contribution is 2.60. The van der Waals surface area contributed by atoms with Gasteiger partial charge in [0.1, 0.15) is 17.1 Å². The standard InChI is InChI=1S/C17H14ClNO4S/c18-11-6-7-13-12(8-11)16-17(19(21)22,14(20)9-24-16)15(23-13)10-4-2-1-3-5-10/h1-8,14-16,20H,9H2. The topological polar surface area (TPSA) is 72.6 Å². The maximum Gasteiger partial charge on any atom is 0.304 e. The van der Waals surface area contributed by atoms with Gasteiger partial charge < -0.3 is 9.84 Å². The van der Waals surface area contributed by atoms with Crippen molar-refractivity contribution in [1.82, 2.24) is 0 Å². The first-order valence-electron chi connectivity index (χ1n) is 7.50. The molecule has 1 fully saturated rings. The van der Waals surface area contributed by atoms with Crippen LogP contribution in [0.1, 0.15) is 22.5 Å². The molecule has 2 aliphatic heterocycles. The first kappa shape index (κ1) is 15.7. The Balaban J connectivity index is 1.96. The quantitative estimate of drug-likeness (QED) is 0.651. The SMILES string of the molecule is O=[N+]([O-])C12C(O)CSC1c1cc(Cl)ccc1OC2c1ccccc1. The van der Waals surface area contributed by atoms with Crippen molar-refractivity contribution in [2.24, 2.45) is 0 Å². The van der Waals surface area contributed by atoms with Crippen LogP contribution in [-0.4, -0.2) is 27.4 Å². The number of halogens is 1. The fraction of sp³-hybridized carbons (Fsp3) is 0.294. The lowest BCUT2D eigenvalue weighted by molar-refractivity contribution is -0.595. The fourth-order valence-electron chi connectivity index (χ4n) is 3.61. The van der Waals surface area contributed by atoms with E-state index in [2.05, 4.69) is 0 Å². The molecule has 0 aromatic heterocycles. The Bertz CT molecular complexity index is 802. The van der Waals surface area contributed by atoms with E-state index >= 15 is 0 Å². The molecule has 0 saturated carbocycles. The molecule has 4 rings (SSSR count). The number of ether oxygens (including phenoxy) is 1. The lowest BCUT2D eigenvalue weighted by atomic mass is 9.76. The maximum atomic E-state index is 12.2. The van der Waals surface area contributed by atoms with E-state index in [4.69, 9.17) is 16.3 Å². The number of fused-ring (bicyclic) bond motifs is 3. The van der Waals surface area contributed by atoms with E-state index in [9.17, 15) is 15.2 Å². The van der Waals surface area contributed by atoms with Gasteiger partial charge in [-0.05, 0) is 23.8 Å². The molecule has 2 aromatic rings. The second-order valence-electron chi connectivity index (χ2n) is 5.96. The van der Waals surface area contributed by atoms with Crippen molar-refractivity contribution in [3.8, 4) is 5.75 Å². The van der Waals surface area contributed by atoms with Gasteiger partial charge in [0.25, 0.3) is 0 Å². The first-order valence-corrected chi connectivity index (χ1v) is 8.93. The molecule has 0 amide bonds. The van der Waals surface area contributed by atoms with Crippen LogP contribution in [0, 0.1) is 10.1 Å². The van der Waals surface area contributed by atoms with Gasteiger partial charge in [-0.25, -0.2) is 0 Å². The highest BCUT2D eigenvalue weighted by Gasteiger charge is 2.70. The third kappa shape index (κ3) is 2.06. The second kappa shape index (κ2) is 5.65. The van der Waals surface area contributed by atoms with Gasteiger partial charge >= 0.3 is 5.54 Å². The van der Waals surface area contributed by atoms with Crippen LogP contribution in [0.2, 0.25) is 5.02 Å². The van der Waals surface area contributed by atoms with Crippen molar-refractivity contribution in [2.45, 2.75) is 23.0 Å². The average molecular weight is 364 g/mol. The van der Waals surface area contributed by atoms with E-state index in [1.807, 2.05) is 18.2 Å². The summed E-state index contributed by atoms with van der Waals surface area (Å²) in [5, 5.41) is 22.7. The van der Waals surface area contributed by atoms with Gasteiger partial charge in [-0.2, -0.15) is 0 Å². The van der Waals surface area contributed by atoms with E-state index in [1.165, 1.54) is 11.8 Å². The summed E-state index contributed by atoms with van der Waals surface area (Å²) in [7, 11) is 0. The number of rotatable bonds is 2. The van der Waals surface area contributed by atoms with Crippen molar-refractivity contribution >= 4 is 23.4 Å². The Kier molecular flexibility index (Phi) is 3.71. The summed E-state index contributed by atoms with van der Waals surface area (Å²) < 4.78 is 6.05. The lowest BCUT2D eigenvalue weighted by Gasteiger charge is -2.40. The Morgan fingerprint density at radius 3 is 2.75 bits per heavy atom. The minimum atomic E-state index is -1.64. The molecule has 1 N–H and O–H groups in total. The number of aliphatic hydroxyl groups excluding tert-OH is 1. The molecule has 0 aliphatic carbocycles. The summed E-state index contributed by atoms with van der Waals surface area (Å²) in [6, 6.07) is 14.2. The van der Waals surface area contributed by atoms with E-state index in [0.717, 1.165) is 0 Å². The molecule has 7 heteroatoms. The molecule has 5 nitrogen and oxygen atoms in total. The summed E-state index contributed by atoms with van der Waals surface area (Å²) in [5.74, 6) is 0.863. The molecule has 0 radical (unpaired) electrons. The molecule has 0 bridgehead atoms. The number of benzene rings is 2. The van der Waals surface area contributed by atoms with Gasteiger partial charge in [-0.3, -0.25) is 10.1 Å². The van der Waals surface area contributed by atoms with Crippen LogP contribution >= 0.6 is 23.4 Å². The molecular formula is C17H14ClNO4S. The molecule has 4 unspecified atom stereocenters. The summed E-state index contributed by atoms with van der Waals surface area (Å²) in [4.78, 5) is 11.8. The van der Waals surface area contributed by atoms with Crippen LogP contribution in [0.3, 0.4) is 0 Å². The van der Waals surface area contributed by atoms with E-state index in [0.29, 0.717) is 21.9 Å². The van der Waals surface area contributed by atoms with Crippen LogP contribution in [0.15, 0.2) is 48.5 Å². The van der Waals surface area contributed by atoms with Gasteiger partial charge in [0, 0.05) is 21.3 Å². The first-order chi connectivity index (χ1) is 11.5. The molecule has 0 spiro atoms. The minimum Gasteiger partial charge on any atom is -0.478 e. The van der Waals surface area contributed by atoms with E-state index < -0.39 is 23.0 Å². The predicted octanol–water partition coefficient (Wildman–Crippen LogP) is 3.64. The predicted molar refractivity (Wildman–Crippen MR) is 92.2 cm³/mol. The highest BCUT2D eigenvalue weighted by molar-refractivity contribution is 8.00. The minimum absolute atomic E-state index is 0.282. The fourth-order valence-corrected chi connectivity index (χ4v) is 5.43. The zero-order valence-corrected chi connectivity index (χ0v) is 14.0. The van der Waals surface area contributed by atoms with E-state index in [1.54, 1.807) is 30.3 Å². The zero-order valence-electron chi connectivity index (χ0n) is 12.5. The van der Waals surface area contributed by atoms with Gasteiger partial charge in [0.15, 0.2) is 6.10 Å². The third-order valence-electron chi connectivity index (χ3n) is 4.71. The maximum absolute atomic E-state index is 12.2. The summed E-state index contributed by atoms with van der Waals surface area (Å²) >= 11 is 7.47. The molecule has 1 saturated heterocycles. The molecule has 2 aromatic carbocycles.